The molecule has 0 fully saturated rings. The number of carboxylic acid groups (broad SMARTS) is 1. The highest BCUT2D eigenvalue weighted by atomic mass is 127. The van der Waals surface area contributed by atoms with Crippen LogP contribution in [0.4, 0.5) is 0 Å². The Morgan fingerprint density at radius 2 is 2.11 bits per heavy atom. The van der Waals surface area contributed by atoms with Crippen LogP contribution in [0.2, 0.25) is 5.02 Å². The van der Waals surface area contributed by atoms with Crippen LogP contribution in [0.3, 0.4) is 0 Å². The van der Waals surface area contributed by atoms with Gasteiger partial charge in [-0.15, -0.1) is 11.3 Å². The van der Waals surface area contributed by atoms with Crippen LogP contribution in [0, 0.1) is 3.57 Å². The van der Waals surface area contributed by atoms with Gasteiger partial charge in [0.15, 0.2) is 0 Å². The van der Waals surface area contributed by atoms with Crippen LogP contribution in [0.25, 0.3) is 32.0 Å². The first kappa shape index (κ1) is 19.4. The van der Waals surface area contributed by atoms with Gasteiger partial charge in [0.05, 0.1) is 9.90 Å². The summed E-state index contributed by atoms with van der Waals surface area (Å²) in [6.45, 7) is 0.626. The molecular formula is C20H15ClIN3O2S. The molecule has 4 rings (SSSR count). The fourth-order valence-electron chi connectivity index (χ4n) is 3.05. The van der Waals surface area contributed by atoms with E-state index in [9.17, 15) is 4.79 Å². The fraction of sp³-hybridized carbons (Fsp3) is 0.150. The standard InChI is InChI=1S/C20H15ClIN3O2S/c21-15-10-12(3-4-16(15)22)20-24-11-17(28-20)13-5-7-23-19-14(13)6-9-25(19)8-1-2-18(26)27/h3-7,9-11H,1-2,8H2,(H,26,27). The van der Waals surface area contributed by atoms with Crippen molar-refractivity contribution in [2.75, 3.05) is 0 Å². The second-order valence-electron chi connectivity index (χ2n) is 6.26. The van der Waals surface area contributed by atoms with E-state index in [0.29, 0.717) is 13.0 Å². The molecule has 0 amide bonds. The minimum Gasteiger partial charge on any atom is -0.481 e. The minimum absolute atomic E-state index is 0.149. The van der Waals surface area contributed by atoms with Crippen LogP contribution in [0.1, 0.15) is 12.8 Å². The summed E-state index contributed by atoms with van der Waals surface area (Å²) >= 11 is 10.1. The summed E-state index contributed by atoms with van der Waals surface area (Å²) in [7, 11) is 0. The monoisotopic (exact) mass is 523 g/mol. The largest absolute Gasteiger partial charge is 0.481 e. The summed E-state index contributed by atoms with van der Waals surface area (Å²) in [6.07, 6.45) is 6.35. The van der Waals surface area contributed by atoms with Gasteiger partial charge in [0.1, 0.15) is 10.7 Å². The molecule has 0 aliphatic rings. The Morgan fingerprint density at radius 1 is 1.25 bits per heavy atom. The molecule has 0 radical (unpaired) electrons. The number of nitrogens with zero attached hydrogens (tertiary/aromatic N) is 3. The summed E-state index contributed by atoms with van der Waals surface area (Å²) < 4.78 is 3.02. The highest BCUT2D eigenvalue weighted by molar-refractivity contribution is 14.1. The van der Waals surface area contributed by atoms with Gasteiger partial charge in [-0.05, 0) is 53.3 Å². The molecule has 0 unspecified atom stereocenters. The molecule has 0 spiro atoms. The van der Waals surface area contributed by atoms with Gasteiger partial charge in [-0.2, -0.15) is 0 Å². The van der Waals surface area contributed by atoms with Gasteiger partial charge in [-0.3, -0.25) is 4.79 Å². The molecule has 3 aromatic heterocycles. The Hall–Kier alpha value is -1.97. The number of benzene rings is 1. The Labute approximate surface area is 184 Å². The number of aryl methyl sites for hydroxylation is 1. The third-order valence-corrected chi connectivity index (χ3v) is 7.04. The van der Waals surface area contributed by atoms with Crippen LogP contribution < -0.4 is 0 Å². The lowest BCUT2D eigenvalue weighted by Gasteiger charge is -2.04. The van der Waals surface area contributed by atoms with Gasteiger partial charge >= 0.3 is 5.97 Å². The van der Waals surface area contributed by atoms with Crippen molar-refractivity contribution in [1.29, 1.82) is 0 Å². The van der Waals surface area contributed by atoms with Gasteiger partial charge in [0, 0.05) is 51.6 Å². The van der Waals surface area contributed by atoms with Crippen molar-refractivity contribution in [3.63, 3.8) is 0 Å². The summed E-state index contributed by atoms with van der Waals surface area (Å²) in [5.41, 5.74) is 2.93. The number of carboxylic acids is 1. The third kappa shape index (κ3) is 3.92. The first-order valence-electron chi connectivity index (χ1n) is 8.60. The zero-order chi connectivity index (χ0) is 19.7. The molecular weight excluding hydrogens is 509 g/mol. The van der Waals surface area contributed by atoms with E-state index in [0.717, 1.165) is 40.6 Å². The molecule has 0 aliphatic heterocycles. The van der Waals surface area contributed by atoms with Gasteiger partial charge in [-0.1, -0.05) is 17.7 Å². The highest BCUT2D eigenvalue weighted by Crippen LogP contribution is 2.36. The third-order valence-electron chi connectivity index (χ3n) is 4.39. The van der Waals surface area contributed by atoms with E-state index >= 15 is 0 Å². The molecule has 0 saturated carbocycles. The molecule has 1 aromatic carbocycles. The Bertz CT molecular complexity index is 1170. The number of halogens is 2. The molecule has 0 atom stereocenters. The maximum Gasteiger partial charge on any atom is 0.303 e. The number of aromatic nitrogens is 3. The normalized spacial score (nSPS) is 11.2. The molecule has 3 heterocycles. The van der Waals surface area contributed by atoms with Gasteiger partial charge < -0.3 is 9.67 Å². The van der Waals surface area contributed by atoms with Crippen molar-refractivity contribution in [3.05, 3.63) is 57.5 Å². The van der Waals surface area contributed by atoms with E-state index in [1.165, 1.54) is 0 Å². The van der Waals surface area contributed by atoms with E-state index < -0.39 is 5.97 Å². The van der Waals surface area contributed by atoms with E-state index in [4.69, 9.17) is 16.7 Å². The Morgan fingerprint density at radius 3 is 2.89 bits per heavy atom. The summed E-state index contributed by atoms with van der Waals surface area (Å²) in [6, 6.07) is 9.97. The molecule has 0 saturated heterocycles. The average Bonchev–Trinajstić information content (AvgIpc) is 3.31. The molecule has 142 valence electrons. The first-order valence-corrected chi connectivity index (χ1v) is 10.9. The highest BCUT2D eigenvalue weighted by Gasteiger charge is 2.13. The molecule has 1 N–H and O–H groups in total. The molecule has 4 aromatic rings. The zero-order valence-electron chi connectivity index (χ0n) is 14.6. The van der Waals surface area contributed by atoms with Gasteiger partial charge in [-0.25, -0.2) is 9.97 Å². The quantitative estimate of drug-likeness (QED) is 0.317. The SMILES string of the molecule is O=C(O)CCCn1ccc2c(-c3cnc(-c4ccc(I)c(Cl)c4)s3)ccnc21. The Kier molecular flexibility index (Phi) is 5.65. The van der Waals surface area contributed by atoms with Crippen molar-refractivity contribution in [2.24, 2.45) is 0 Å². The van der Waals surface area contributed by atoms with Crippen molar-refractivity contribution in [2.45, 2.75) is 19.4 Å². The molecule has 5 nitrogen and oxygen atoms in total. The number of hydrogen-bond donors (Lipinski definition) is 1. The van der Waals surface area contributed by atoms with Crippen LogP contribution in [0.5, 0.6) is 0 Å². The van der Waals surface area contributed by atoms with E-state index in [1.54, 1.807) is 17.5 Å². The van der Waals surface area contributed by atoms with Gasteiger partial charge in [0.2, 0.25) is 0 Å². The number of pyridine rings is 1. The number of thiazole rings is 1. The smallest absolute Gasteiger partial charge is 0.303 e. The first-order chi connectivity index (χ1) is 13.5. The van der Waals surface area contributed by atoms with Crippen LogP contribution in [0.15, 0.2) is 48.9 Å². The van der Waals surface area contributed by atoms with Crippen molar-refractivity contribution < 1.29 is 9.90 Å². The van der Waals surface area contributed by atoms with Crippen LogP contribution >= 0.6 is 45.5 Å². The van der Waals surface area contributed by atoms with Gasteiger partial charge in [0.25, 0.3) is 0 Å². The predicted octanol–water partition coefficient (Wildman–Crippen LogP) is 5.95. The Balaban J connectivity index is 1.66. The lowest BCUT2D eigenvalue weighted by Crippen LogP contribution is -2.01. The summed E-state index contributed by atoms with van der Waals surface area (Å²) in [5.74, 6) is -0.780. The lowest BCUT2D eigenvalue weighted by molar-refractivity contribution is -0.137. The molecule has 28 heavy (non-hydrogen) atoms. The van der Waals surface area contributed by atoms with E-state index in [1.807, 2.05) is 47.3 Å². The van der Waals surface area contributed by atoms with E-state index in [-0.39, 0.29) is 6.42 Å². The van der Waals surface area contributed by atoms with E-state index in [2.05, 4.69) is 32.6 Å². The minimum atomic E-state index is -0.780. The topological polar surface area (TPSA) is 68.0 Å². The molecule has 0 bridgehead atoms. The van der Waals surface area contributed by atoms with Crippen molar-refractivity contribution >= 4 is 62.5 Å². The summed E-state index contributed by atoms with van der Waals surface area (Å²) in [5, 5.41) is 11.5. The van der Waals surface area contributed by atoms with Crippen LogP contribution in [-0.4, -0.2) is 25.6 Å². The predicted molar refractivity (Wildman–Crippen MR) is 121 cm³/mol. The number of carbonyl (C=O) groups is 1. The second-order valence-corrected chi connectivity index (χ2v) is 8.86. The maximum absolute atomic E-state index is 10.8. The number of fused-ring (bicyclic) bond motifs is 1. The molecule has 8 heteroatoms. The molecule has 0 aliphatic carbocycles. The lowest BCUT2D eigenvalue weighted by atomic mass is 10.1. The van der Waals surface area contributed by atoms with Crippen molar-refractivity contribution in [1.82, 2.24) is 14.5 Å². The van der Waals surface area contributed by atoms with Crippen LogP contribution in [-0.2, 0) is 11.3 Å². The number of aliphatic carboxylic acids is 1. The van der Waals surface area contributed by atoms with Crippen molar-refractivity contribution in [3.8, 4) is 21.0 Å². The number of hydrogen-bond acceptors (Lipinski definition) is 4. The fourth-order valence-corrected chi connectivity index (χ4v) is 4.52. The maximum atomic E-state index is 10.8. The average molecular weight is 524 g/mol. The second kappa shape index (κ2) is 8.18. The number of rotatable bonds is 6. The summed E-state index contributed by atoms with van der Waals surface area (Å²) in [4.78, 5) is 20.9. The zero-order valence-corrected chi connectivity index (χ0v) is 18.3.